The zero-order valence-corrected chi connectivity index (χ0v) is 8.79. The van der Waals surface area contributed by atoms with Crippen molar-refractivity contribution in [3.05, 3.63) is 45.9 Å². The molecular formula is C9H8ClN3S. The maximum Gasteiger partial charge on any atom is 0.0967 e. The van der Waals surface area contributed by atoms with Crippen molar-refractivity contribution in [3.63, 3.8) is 0 Å². The van der Waals surface area contributed by atoms with Crippen molar-refractivity contribution in [2.75, 3.05) is 0 Å². The van der Waals surface area contributed by atoms with E-state index in [-0.39, 0.29) is 6.04 Å². The fourth-order valence-electron chi connectivity index (χ4n) is 1.15. The van der Waals surface area contributed by atoms with Crippen molar-refractivity contribution >= 4 is 23.1 Å². The number of aromatic nitrogens is 2. The molecule has 0 fully saturated rings. The highest BCUT2D eigenvalue weighted by atomic mass is 35.5. The van der Waals surface area contributed by atoms with Crippen LogP contribution >= 0.6 is 23.1 Å². The number of hydrogen-bond acceptors (Lipinski definition) is 4. The number of halogens is 1. The minimum Gasteiger partial charge on any atom is -0.319 e. The second kappa shape index (κ2) is 4.04. The maximum atomic E-state index is 5.97. The first-order valence-electron chi connectivity index (χ1n) is 4.05. The Kier molecular flexibility index (Phi) is 2.77. The van der Waals surface area contributed by atoms with Crippen molar-refractivity contribution in [1.82, 2.24) is 9.59 Å². The van der Waals surface area contributed by atoms with Gasteiger partial charge in [-0.15, -0.1) is 5.10 Å². The van der Waals surface area contributed by atoms with Crippen molar-refractivity contribution < 1.29 is 0 Å². The summed E-state index contributed by atoms with van der Waals surface area (Å²) < 4.78 is 3.77. The lowest BCUT2D eigenvalue weighted by Gasteiger charge is -2.07. The van der Waals surface area contributed by atoms with Crippen LogP contribution in [0.2, 0.25) is 5.02 Å². The molecule has 1 heterocycles. The Labute approximate surface area is 90.7 Å². The molecule has 0 spiro atoms. The van der Waals surface area contributed by atoms with E-state index in [1.807, 2.05) is 29.6 Å². The molecule has 1 unspecified atom stereocenters. The lowest BCUT2D eigenvalue weighted by Crippen LogP contribution is -2.12. The standard InChI is InChI=1S/C9H8ClN3S/c10-7-3-1-6(2-4-7)9(11)8-5-14-13-12-8/h1-5,9H,11H2. The van der Waals surface area contributed by atoms with E-state index in [1.165, 1.54) is 11.5 Å². The topological polar surface area (TPSA) is 51.8 Å². The normalized spacial score (nSPS) is 12.7. The highest BCUT2D eigenvalue weighted by Gasteiger charge is 2.10. The third kappa shape index (κ3) is 1.92. The first kappa shape index (κ1) is 9.58. The maximum absolute atomic E-state index is 5.97. The summed E-state index contributed by atoms with van der Waals surface area (Å²) >= 11 is 7.07. The predicted molar refractivity (Wildman–Crippen MR) is 57.4 cm³/mol. The molecule has 0 aliphatic carbocycles. The van der Waals surface area contributed by atoms with E-state index in [0.717, 1.165) is 11.3 Å². The second-order valence-corrected chi connectivity index (χ2v) is 3.91. The lowest BCUT2D eigenvalue weighted by atomic mass is 10.1. The van der Waals surface area contributed by atoms with Crippen LogP contribution in [0.4, 0.5) is 0 Å². The molecule has 72 valence electrons. The van der Waals surface area contributed by atoms with E-state index < -0.39 is 0 Å². The Balaban J connectivity index is 2.28. The summed E-state index contributed by atoms with van der Waals surface area (Å²) in [5.74, 6) is 0. The summed E-state index contributed by atoms with van der Waals surface area (Å²) in [6, 6.07) is 7.21. The van der Waals surface area contributed by atoms with Crippen LogP contribution in [0, 0.1) is 0 Å². The molecule has 1 aromatic heterocycles. The van der Waals surface area contributed by atoms with Gasteiger partial charge < -0.3 is 5.73 Å². The summed E-state index contributed by atoms with van der Waals surface area (Å²) in [7, 11) is 0. The fourth-order valence-corrected chi connectivity index (χ4v) is 1.76. The van der Waals surface area contributed by atoms with Crippen LogP contribution in [-0.4, -0.2) is 9.59 Å². The molecular weight excluding hydrogens is 218 g/mol. The predicted octanol–water partition coefficient (Wildman–Crippen LogP) is 2.24. The molecule has 2 aromatic rings. The first-order chi connectivity index (χ1) is 6.77. The van der Waals surface area contributed by atoms with E-state index in [4.69, 9.17) is 17.3 Å². The zero-order valence-electron chi connectivity index (χ0n) is 7.22. The van der Waals surface area contributed by atoms with Crippen LogP contribution in [0.3, 0.4) is 0 Å². The molecule has 0 saturated heterocycles. The van der Waals surface area contributed by atoms with Gasteiger partial charge >= 0.3 is 0 Å². The molecule has 1 aromatic carbocycles. The quantitative estimate of drug-likeness (QED) is 0.853. The number of hydrogen-bond donors (Lipinski definition) is 1. The van der Waals surface area contributed by atoms with Gasteiger partial charge in [-0.2, -0.15) is 0 Å². The summed E-state index contributed by atoms with van der Waals surface area (Å²) in [6.45, 7) is 0. The van der Waals surface area contributed by atoms with Gasteiger partial charge in [-0.05, 0) is 29.2 Å². The molecule has 0 radical (unpaired) electrons. The Hall–Kier alpha value is -0.970. The third-order valence-corrected chi connectivity index (χ3v) is 2.70. The molecule has 1 atom stereocenters. The van der Waals surface area contributed by atoms with Gasteiger partial charge in [-0.3, -0.25) is 0 Å². The molecule has 2 rings (SSSR count). The van der Waals surface area contributed by atoms with E-state index in [1.54, 1.807) is 0 Å². The average Bonchev–Trinajstić information content (AvgIpc) is 2.71. The Morgan fingerprint density at radius 2 is 2.00 bits per heavy atom. The molecule has 14 heavy (non-hydrogen) atoms. The van der Waals surface area contributed by atoms with Gasteiger partial charge in [0.05, 0.1) is 11.7 Å². The van der Waals surface area contributed by atoms with Crippen LogP contribution in [0.1, 0.15) is 17.3 Å². The van der Waals surface area contributed by atoms with E-state index >= 15 is 0 Å². The van der Waals surface area contributed by atoms with Gasteiger partial charge in [-0.1, -0.05) is 28.2 Å². The minimum absolute atomic E-state index is 0.217. The molecule has 0 bridgehead atoms. The Bertz CT molecular complexity index is 399. The smallest absolute Gasteiger partial charge is 0.0967 e. The van der Waals surface area contributed by atoms with Crippen LogP contribution in [-0.2, 0) is 0 Å². The van der Waals surface area contributed by atoms with Crippen molar-refractivity contribution in [2.24, 2.45) is 5.73 Å². The monoisotopic (exact) mass is 225 g/mol. The van der Waals surface area contributed by atoms with Crippen molar-refractivity contribution in [2.45, 2.75) is 6.04 Å². The number of benzene rings is 1. The summed E-state index contributed by atoms with van der Waals surface area (Å²) in [5.41, 5.74) is 7.75. The van der Waals surface area contributed by atoms with E-state index in [2.05, 4.69) is 9.59 Å². The van der Waals surface area contributed by atoms with Crippen LogP contribution in [0.15, 0.2) is 29.6 Å². The van der Waals surface area contributed by atoms with E-state index in [9.17, 15) is 0 Å². The second-order valence-electron chi connectivity index (χ2n) is 2.86. The van der Waals surface area contributed by atoms with Crippen LogP contribution in [0.25, 0.3) is 0 Å². The molecule has 2 N–H and O–H groups in total. The molecule has 0 aliphatic heterocycles. The van der Waals surface area contributed by atoms with Gasteiger partial charge in [0.25, 0.3) is 0 Å². The summed E-state index contributed by atoms with van der Waals surface area (Å²) in [5, 5.41) is 6.48. The zero-order chi connectivity index (χ0) is 9.97. The largest absolute Gasteiger partial charge is 0.319 e. The van der Waals surface area contributed by atoms with Gasteiger partial charge in [0.2, 0.25) is 0 Å². The summed E-state index contributed by atoms with van der Waals surface area (Å²) in [6.07, 6.45) is 0. The average molecular weight is 226 g/mol. The van der Waals surface area contributed by atoms with Gasteiger partial charge in [0.15, 0.2) is 0 Å². The Morgan fingerprint density at radius 1 is 1.29 bits per heavy atom. The number of nitrogens with zero attached hydrogens (tertiary/aromatic N) is 2. The van der Waals surface area contributed by atoms with Gasteiger partial charge in [0, 0.05) is 10.4 Å². The third-order valence-electron chi connectivity index (χ3n) is 1.92. The first-order valence-corrected chi connectivity index (χ1v) is 5.27. The van der Waals surface area contributed by atoms with Crippen molar-refractivity contribution in [3.8, 4) is 0 Å². The van der Waals surface area contributed by atoms with Crippen LogP contribution < -0.4 is 5.73 Å². The molecule has 5 heteroatoms. The number of nitrogens with two attached hydrogens (primary N) is 1. The molecule has 0 aliphatic rings. The minimum atomic E-state index is -0.217. The van der Waals surface area contributed by atoms with Gasteiger partial charge in [0.1, 0.15) is 0 Å². The molecule has 0 saturated carbocycles. The molecule has 3 nitrogen and oxygen atoms in total. The highest BCUT2D eigenvalue weighted by molar-refractivity contribution is 7.03. The van der Waals surface area contributed by atoms with Crippen LogP contribution in [0.5, 0.6) is 0 Å². The van der Waals surface area contributed by atoms with Gasteiger partial charge in [-0.25, -0.2) is 0 Å². The fraction of sp³-hybridized carbons (Fsp3) is 0.111. The summed E-state index contributed by atoms with van der Waals surface area (Å²) in [4.78, 5) is 0. The SMILES string of the molecule is NC(c1ccc(Cl)cc1)c1csnn1. The number of rotatable bonds is 2. The van der Waals surface area contributed by atoms with E-state index in [0.29, 0.717) is 5.02 Å². The Morgan fingerprint density at radius 3 is 2.57 bits per heavy atom. The highest BCUT2D eigenvalue weighted by Crippen LogP contribution is 2.19. The molecule has 0 amide bonds. The van der Waals surface area contributed by atoms with Crippen molar-refractivity contribution in [1.29, 1.82) is 0 Å². The lowest BCUT2D eigenvalue weighted by molar-refractivity contribution is 0.818.